The van der Waals surface area contributed by atoms with Crippen LogP contribution < -0.4 is 16.4 Å². The lowest BCUT2D eigenvalue weighted by molar-refractivity contribution is -0.143. The quantitative estimate of drug-likeness (QED) is 0.374. The highest BCUT2D eigenvalue weighted by molar-refractivity contribution is 5.93. The van der Waals surface area contributed by atoms with Crippen molar-refractivity contribution in [2.45, 2.75) is 44.8 Å². The second-order valence-corrected chi connectivity index (χ2v) is 6.52. The van der Waals surface area contributed by atoms with Crippen LogP contribution in [0.5, 0.6) is 0 Å². The van der Waals surface area contributed by atoms with Gasteiger partial charge in [0.1, 0.15) is 12.1 Å². The summed E-state index contributed by atoms with van der Waals surface area (Å²) in [6.07, 6.45) is -0.488. The zero-order chi connectivity index (χ0) is 20.6. The molecule has 148 valence electrons. The van der Waals surface area contributed by atoms with Crippen LogP contribution in [-0.2, 0) is 25.6 Å². The molecule has 3 atom stereocenters. The number of carbonyl (C=O) groups is 4. The van der Waals surface area contributed by atoms with Gasteiger partial charge in [0.15, 0.2) is 0 Å². The zero-order valence-electron chi connectivity index (χ0n) is 15.2. The molecule has 0 bridgehead atoms. The van der Waals surface area contributed by atoms with Crippen LogP contribution in [0.15, 0.2) is 30.3 Å². The van der Waals surface area contributed by atoms with Crippen LogP contribution >= 0.6 is 0 Å². The molecule has 0 saturated heterocycles. The van der Waals surface area contributed by atoms with Crippen LogP contribution in [-0.4, -0.2) is 52.1 Å². The van der Waals surface area contributed by atoms with Gasteiger partial charge in [0.25, 0.3) is 0 Å². The van der Waals surface area contributed by atoms with E-state index in [4.69, 9.17) is 10.8 Å². The van der Waals surface area contributed by atoms with E-state index in [1.807, 2.05) is 0 Å². The van der Waals surface area contributed by atoms with Gasteiger partial charge in [0.05, 0.1) is 12.5 Å². The van der Waals surface area contributed by atoms with E-state index in [0.717, 1.165) is 5.56 Å². The Morgan fingerprint density at radius 2 is 1.59 bits per heavy atom. The van der Waals surface area contributed by atoms with E-state index in [-0.39, 0.29) is 12.3 Å². The van der Waals surface area contributed by atoms with E-state index in [9.17, 15) is 24.3 Å². The van der Waals surface area contributed by atoms with E-state index in [2.05, 4.69) is 10.6 Å². The number of carbonyl (C=O) groups excluding carboxylic acids is 2. The lowest BCUT2D eigenvalue weighted by Crippen LogP contribution is -2.56. The van der Waals surface area contributed by atoms with Crippen molar-refractivity contribution in [1.82, 2.24) is 10.6 Å². The molecule has 2 amide bonds. The predicted octanol–water partition coefficient (Wildman–Crippen LogP) is -0.259. The average Bonchev–Trinajstić information content (AvgIpc) is 2.58. The maximum absolute atomic E-state index is 12.6. The van der Waals surface area contributed by atoms with E-state index >= 15 is 0 Å². The van der Waals surface area contributed by atoms with Crippen molar-refractivity contribution >= 4 is 23.8 Å². The minimum absolute atomic E-state index is 0.0998. The Morgan fingerprint density at radius 3 is 2.07 bits per heavy atom. The molecule has 0 heterocycles. The van der Waals surface area contributed by atoms with Crippen molar-refractivity contribution in [3.63, 3.8) is 0 Å². The fraction of sp³-hybridized carbons (Fsp3) is 0.444. The molecule has 0 aromatic heterocycles. The first-order valence-electron chi connectivity index (χ1n) is 8.46. The molecule has 9 heteroatoms. The molecule has 6 N–H and O–H groups in total. The Morgan fingerprint density at radius 1 is 1.00 bits per heavy atom. The maximum Gasteiger partial charge on any atom is 0.326 e. The summed E-state index contributed by atoms with van der Waals surface area (Å²) in [5, 5.41) is 22.8. The van der Waals surface area contributed by atoms with Crippen LogP contribution in [0.3, 0.4) is 0 Å². The van der Waals surface area contributed by atoms with Gasteiger partial charge in [0, 0.05) is 6.42 Å². The molecule has 0 saturated carbocycles. The highest BCUT2D eigenvalue weighted by atomic mass is 16.4. The third-order valence-electron chi connectivity index (χ3n) is 3.88. The van der Waals surface area contributed by atoms with Crippen molar-refractivity contribution in [2.75, 3.05) is 0 Å². The second kappa shape index (κ2) is 10.3. The Kier molecular flexibility index (Phi) is 8.40. The van der Waals surface area contributed by atoms with Crippen molar-refractivity contribution in [1.29, 1.82) is 0 Å². The highest BCUT2D eigenvalue weighted by Crippen LogP contribution is 2.07. The van der Waals surface area contributed by atoms with Gasteiger partial charge in [0.2, 0.25) is 11.8 Å². The summed E-state index contributed by atoms with van der Waals surface area (Å²) in [4.78, 5) is 46.8. The van der Waals surface area contributed by atoms with Crippen LogP contribution in [0, 0.1) is 5.92 Å². The van der Waals surface area contributed by atoms with E-state index in [0.29, 0.717) is 0 Å². The van der Waals surface area contributed by atoms with Crippen LogP contribution in [0.1, 0.15) is 25.8 Å². The Labute approximate surface area is 156 Å². The predicted molar refractivity (Wildman–Crippen MR) is 96.7 cm³/mol. The fourth-order valence-corrected chi connectivity index (χ4v) is 2.39. The van der Waals surface area contributed by atoms with E-state index in [1.54, 1.807) is 44.2 Å². The molecule has 1 aromatic carbocycles. The standard InChI is InChI=1S/C18H25N3O6/c1-10(2)15(18(26)27)21-17(25)13(8-11-6-4-3-5-7-11)20-16(24)12(19)9-14(22)23/h3-7,10,12-13,15H,8-9,19H2,1-2H3,(H,20,24)(H,21,25)(H,22,23)(H,26,27)/t12-,13+,15-/m0/s1. The maximum atomic E-state index is 12.6. The van der Waals surface area contributed by atoms with E-state index in [1.165, 1.54) is 0 Å². The van der Waals surface area contributed by atoms with Gasteiger partial charge in [-0.3, -0.25) is 14.4 Å². The van der Waals surface area contributed by atoms with Gasteiger partial charge in [-0.15, -0.1) is 0 Å². The molecule has 1 rings (SSSR count). The molecule has 0 fully saturated rings. The first-order valence-corrected chi connectivity index (χ1v) is 8.46. The molecule has 1 aromatic rings. The topological polar surface area (TPSA) is 159 Å². The molecule has 0 aliphatic heterocycles. The number of carboxylic acid groups (broad SMARTS) is 2. The van der Waals surface area contributed by atoms with Gasteiger partial charge < -0.3 is 26.6 Å². The summed E-state index contributed by atoms with van der Waals surface area (Å²) in [6, 6.07) is 5.27. The Balaban J connectivity index is 2.95. The molecular formula is C18H25N3O6. The van der Waals surface area contributed by atoms with Crippen LogP contribution in [0.25, 0.3) is 0 Å². The van der Waals surface area contributed by atoms with Crippen molar-refractivity contribution < 1.29 is 29.4 Å². The summed E-state index contributed by atoms with van der Waals surface area (Å²) in [5.41, 5.74) is 6.28. The first-order chi connectivity index (χ1) is 12.6. The summed E-state index contributed by atoms with van der Waals surface area (Å²) < 4.78 is 0. The molecule has 0 spiro atoms. The number of hydrogen-bond acceptors (Lipinski definition) is 5. The second-order valence-electron chi connectivity index (χ2n) is 6.52. The number of amides is 2. The summed E-state index contributed by atoms with van der Waals surface area (Å²) >= 11 is 0. The van der Waals surface area contributed by atoms with Gasteiger partial charge in [-0.05, 0) is 11.5 Å². The number of rotatable bonds is 10. The number of carboxylic acids is 2. The number of aliphatic carboxylic acids is 2. The molecule has 0 unspecified atom stereocenters. The lowest BCUT2D eigenvalue weighted by atomic mass is 10.0. The molecule has 0 aliphatic rings. The summed E-state index contributed by atoms with van der Waals surface area (Å²) in [7, 11) is 0. The van der Waals surface area contributed by atoms with Gasteiger partial charge in [-0.1, -0.05) is 44.2 Å². The zero-order valence-corrected chi connectivity index (χ0v) is 15.2. The number of nitrogens with one attached hydrogen (secondary N) is 2. The van der Waals surface area contributed by atoms with E-state index < -0.39 is 48.3 Å². The Hall–Kier alpha value is -2.94. The SMILES string of the molecule is CC(C)[C@H](NC(=O)[C@@H](Cc1ccccc1)NC(=O)[C@@H](N)CC(=O)O)C(=O)O. The fourth-order valence-electron chi connectivity index (χ4n) is 2.39. The number of hydrogen-bond donors (Lipinski definition) is 5. The van der Waals surface area contributed by atoms with Crippen LogP contribution in [0.4, 0.5) is 0 Å². The lowest BCUT2D eigenvalue weighted by Gasteiger charge is -2.24. The largest absolute Gasteiger partial charge is 0.481 e. The minimum Gasteiger partial charge on any atom is -0.481 e. The minimum atomic E-state index is -1.33. The number of benzene rings is 1. The Bertz CT molecular complexity index is 677. The first kappa shape index (κ1) is 22.1. The van der Waals surface area contributed by atoms with Crippen LogP contribution in [0.2, 0.25) is 0 Å². The third kappa shape index (κ3) is 7.45. The molecule has 9 nitrogen and oxygen atoms in total. The van der Waals surface area contributed by atoms with Crippen molar-refractivity contribution in [3.8, 4) is 0 Å². The highest BCUT2D eigenvalue weighted by Gasteiger charge is 2.30. The van der Waals surface area contributed by atoms with Crippen molar-refractivity contribution in [2.24, 2.45) is 11.7 Å². The molecule has 0 aliphatic carbocycles. The van der Waals surface area contributed by atoms with Gasteiger partial charge in [-0.25, -0.2) is 4.79 Å². The normalized spacial score (nSPS) is 14.1. The van der Waals surface area contributed by atoms with Gasteiger partial charge in [-0.2, -0.15) is 0 Å². The molecular weight excluding hydrogens is 354 g/mol. The third-order valence-corrected chi connectivity index (χ3v) is 3.88. The van der Waals surface area contributed by atoms with Gasteiger partial charge >= 0.3 is 11.9 Å². The summed E-state index contributed by atoms with van der Waals surface area (Å²) in [5.74, 6) is -4.28. The smallest absolute Gasteiger partial charge is 0.326 e. The average molecular weight is 379 g/mol. The summed E-state index contributed by atoms with van der Waals surface area (Å²) in [6.45, 7) is 3.29. The molecule has 27 heavy (non-hydrogen) atoms. The number of nitrogens with two attached hydrogens (primary N) is 1. The monoisotopic (exact) mass is 379 g/mol. The van der Waals surface area contributed by atoms with Crippen molar-refractivity contribution in [3.05, 3.63) is 35.9 Å². The molecule has 0 radical (unpaired) electrons.